The van der Waals surface area contributed by atoms with Crippen molar-refractivity contribution in [3.63, 3.8) is 0 Å². The van der Waals surface area contributed by atoms with Gasteiger partial charge in [0.1, 0.15) is 5.75 Å². The topological polar surface area (TPSA) is 75.6 Å². The molecule has 140 valence electrons. The van der Waals surface area contributed by atoms with Gasteiger partial charge in [0, 0.05) is 17.8 Å². The summed E-state index contributed by atoms with van der Waals surface area (Å²) >= 11 is 1.65. The molecule has 2 N–H and O–H groups in total. The minimum Gasteiger partial charge on any atom is -0.493 e. The lowest BCUT2D eigenvalue weighted by molar-refractivity contribution is 0.182. The van der Waals surface area contributed by atoms with Gasteiger partial charge in [-0.25, -0.2) is 13.1 Å². The summed E-state index contributed by atoms with van der Waals surface area (Å²) in [6.45, 7) is 0.487. The number of sulfonamides is 1. The van der Waals surface area contributed by atoms with Crippen molar-refractivity contribution in [1.82, 2.24) is 4.72 Å². The van der Waals surface area contributed by atoms with Crippen LogP contribution in [0.4, 0.5) is 0 Å². The molecule has 0 spiro atoms. The largest absolute Gasteiger partial charge is 0.493 e. The first kappa shape index (κ1) is 18.2. The summed E-state index contributed by atoms with van der Waals surface area (Å²) in [5, 5.41) is 12.4. The zero-order chi connectivity index (χ0) is 18.9. The molecule has 1 aliphatic rings. The number of aliphatic hydroxyl groups excluding tert-OH is 1. The number of thiophene rings is 1. The van der Waals surface area contributed by atoms with Crippen LogP contribution < -0.4 is 9.46 Å². The van der Waals surface area contributed by atoms with E-state index in [1.165, 1.54) is 6.07 Å². The fourth-order valence-corrected chi connectivity index (χ4v) is 4.85. The third kappa shape index (κ3) is 3.91. The Bertz CT molecular complexity index is 1030. The molecule has 1 atom stereocenters. The van der Waals surface area contributed by atoms with E-state index in [-0.39, 0.29) is 11.4 Å². The summed E-state index contributed by atoms with van der Waals surface area (Å²) in [7, 11) is -3.69. The Kier molecular flexibility index (Phi) is 5.01. The highest BCUT2D eigenvalue weighted by Gasteiger charge is 2.20. The summed E-state index contributed by atoms with van der Waals surface area (Å²) < 4.78 is 32.9. The van der Waals surface area contributed by atoms with Crippen LogP contribution in [0.2, 0.25) is 0 Å². The van der Waals surface area contributed by atoms with Gasteiger partial charge in [0.15, 0.2) is 0 Å². The van der Waals surface area contributed by atoms with Gasteiger partial charge in [-0.05, 0) is 46.3 Å². The van der Waals surface area contributed by atoms with E-state index in [1.54, 1.807) is 23.5 Å². The van der Waals surface area contributed by atoms with Gasteiger partial charge < -0.3 is 9.84 Å². The third-order valence-electron chi connectivity index (χ3n) is 4.54. The summed E-state index contributed by atoms with van der Waals surface area (Å²) in [6.07, 6.45) is -0.215. The molecular weight excluding hydrogens is 382 g/mol. The van der Waals surface area contributed by atoms with E-state index >= 15 is 0 Å². The fourth-order valence-electron chi connectivity index (χ4n) is 3.03. The standard InChI is InChI=1S/C20H19NO4S2/c22-18(14-3-5-15(6-4-14)20-2-1-11-26-20)13-21-27(23,24)17-7-8-19-16(12-17)9-10-25-19/h1-8,11-12,18,21-22H,9-10,13H2. The van der Waals surface area contributed by atoms with Crippen LogP contribution in [0.25, 0.3) is 10.4 Å². The van der Waals surface area contributed by atoms with Crippen LogP contribution in [0.1, 0.15) is 17.2 Å². The molecule has 2 heterocycles. The van der Waals surface area contributed by atoms with Crippen molar-refractivity contribution in [2.45, 2.75) is 17.4 Å². The van der Waals surface area contributed by atoms with Crippen molar-refractivity contribution in [3.8, 4) is 16.2 Å². The maximum atomic E-state index is 12.5. The van der Waals surface area contributed by atoms with Crippen LogP contribution >= 0.6 is 11.3 Å². The number of hydrogen-bond acceptors (Lipinski definition) is 5. The van der Waals surface area contributed by atoms with Crippen LogP contribution in [-0.4, -0.2) is 26.7 Å². The monoisotopic (exact) mass is 401 g/mol. The molecule has 4 rings (SSSR count). The minimum atomic E-state index is -3.69. The highest BCUT2D eigenvalue weighted by molar-refractivity contribution is 7.89. The van der Waals surface area contributed by atoms with Gasteiger partial charge in [0.25, 0.3) is 0 Å². The lowest BCUT2D eigenvalue weighted by Crippen LogP contribution is -2.28. The van der Waals surface area contributed by atoms with E-state index in [2.05, 4.69) is 4.72 Å². The number of ether oxygens (including phenoxy) is 1. The first-order valence-electron chi connectivity index (χ1n) is 8.60. The van der Waals surface area contributed by atoms with E-state index < -0.39 is 16.1 Å². The molecule has 0 fully saturated rings. The molecule has 27 heavy (non-hydrogen) atoms. The lowest BCUT2D eigenvalue weighted by atomic mass is 10.1. The third-order valence-corrected chi connectivity index (χ3v) is 6.88. The van der Waals surface area contributed by atoms with Crippen molar-refractivity contribution in [3.05, 3.63) is 71.1 Å². The van der Waals surface area contributed by atoms with Gasteiger partial charge in [-0.15, -0.1) is 11.3 Å². The molecule has 0 aliphatic carbocycles. The van der Waals surface area contributed by atoms with Crippen molar-refractivity contribution < 1.29 is 18.3 Å². The highest BCUT2D eigenvalue weighted by Crippen LogP contribution is 2.28. The Hall–Kier alpha value is -2.19. The second-order valence-electron chi connectivity index (χ2n) is 6.33. The molecule has 0 radical (unpaired) electrons. The SMILES string of the molecule is O=S(=O)(NCC(O)c1ccc(-c2cccs2)cc1)c1ccc2c(c1)CCO2. The van der Waals surface area contributed by atoms with Crippen LogP contribution in [0, 0.1) is 0 Å². The molecule has 1 unspecified atom stereocenters. The van der Waals surface area contributed by atoms with Gasteiger partial charge in [0.2, 0.25) is 10.0 Å². The van der Waals surface area contributed by atoms with E-state index in [4.69, 9.17) is 4.74 Å². The molecule has 5 nitrogen and oxygen atoms in total. The van der Waals surface area contributed by atoms with Gasteiger partial charge in [-0.3, -0.25) is 0 Å². The Labute approximate surface area is 162 Å². The van der Waals surface area contributed by atoms with Crippen LogP contribution in [-0.2, 0) is 16.4 Å². The maximum Gasteiger partial charge on any atom is 0.240 e. The molecule has 0 saturated heterocycles. The van der Waals surface area contributed by atoms with E-state index in [0.29, 0.717) is 18.6 Å². The first-order chi connectivity index (χ1) is 13.0. The summed E-state index contributed by atoms with van der Waals surface area (Å²) in [6, 6.07) is 16.4. The van der Waals surface area contributed by atoms with E-state index in [1.807, 2.05) is 41.8 Å². The quantitative estimate of drug-likeness (QED) is 0.664. The van der Waals surface area contributed by atoms with Crippen LogP contribution in [0.15, 0.2) is 64.9 Å². The normalized spacial score (nSPS) is 14.6. The minimum absolute atomic E-state index is 0.0890. The Morgan fingerprint density at radius 3 is 2.70 bits per heavy atom. The predicted octanol–water partition coefficient (Wildman–Crippen LogP) is 3.36. The van der Waals surface area contributed by atoms with Crippen molar-refractivity contribution in [2.75, 3.05) is 13.2 Å². The molecule has 1 aliphatic heterocycles. The molecule has 3 aromatic rings. The molecule has 0 amide bonds. The van der Waals surface area contributed by atoms with E-state index in [0.717, 1.165) is 21.8 Å². The smallest absolute Gasteiger partial charge is 0.240 e. The molecular formula is C20H19NO4S2. The molecule has 7 heteroatoms. The Balaban J connectivity index is 1.43. The fraction of sp³-hybridized carbons (Fsp3) is 0.200. The molecule has 1 aromatic heterocycles. The van der Waals surface area contributed by atoms with Gasteiger partial charge >= 0.3 is 0 Å². The van der Waals surface area contributed by atoms with Gasteiger partial charge in [-0.2, -0.15) is 0 Å². The first-order valence-corrected chi connectivity index (χ1v) is 11.0. The number of fused-ring (bicyclic) bond motifs is 1. The average molecular weight is 402 g/mol. The van der Waals surface area contributed by atoms with Crippen LogP contribution in [0.5, 0.6) is 5.75 Å². The number of aliphatic hydroxyl groups is 1. The zero-order valence-corrected chi connectivity index (χ0v) is 16.1. The highest BCUT2D eigenvalue weighted by atomic mass is 32.2. The number of rotatable bonds is 6. The van der Waals surface area contributed by atoms with Crippen molar-refractivity contribution in [2.24, 2.45) is 0 Å². The summed E-state index contributed by atoms with van der Waals surface area (Å²) in [4.78, 5) is 1.34. The van der Waals surface area contributed by atoms with Crippen molar-refractivity contribution in [1.29, 1.82) is 0 Å². The predicted molar refractivity (Wildman–Crippen MR) is 106 cm³/mol. The van der Waals surface area contributed by atoms with E-state index in [9.17, 15) is 13.5 Å². The molecule has 2 aromatic carbocycles. The second kappa shape index (κ2) is 7.44. The zero-order valence-electron chi connectivity index (χ0n) is 14.5. The Morgan fingerprint density at radius 2 is 1.96 bits per heavy atom. The summed E-state index contributed by atoms with van der Waals surface area (Å²) in [5.74, 6) is 0.736. The summed E-state index contributed by atoms with van der Waals surface area (Å²) in [5.41, 5.74) is 2.63. The average Bonchev–Trinajstić information content (AvgIpc) is 3.37. The van der Waals surface area contributed by atoms with Gasteiger partial charge in [0.05, 0.1) is 17.6 Å². The number of nitrogens with one attached hydrogen (secondary N) is 1. The number of benzene rings is 2. The lowest BCUT2D eigenvalue weighted by Gasteiger charge is -2.13. The second-order valence-corrected chi connectivity index (χ2v) is 9.05. The number of hydrogen-bond donors (Lipinski definition) is 2. The molecule has 0 bridgehead atoms. The van der Waals surface area contributed by atoms with Gasteiger partial charge in [-0.1, -0.05) is 30.3 Å². The van der Waals surface area contributed by atoms with Crippen molar-refractivity contribution >= 4 is 21.4 Å². The Morgan fingerprint density at radius 1 is 1.15 bits per heavy atom. The molecule has 0 saturated carbocycles. The van der Waals surface area contributed by atoms with Crippen LogP contribution in [0.3, 0.4) is 0 Å². The maximum absolute atomic E-state index is 12.5.